The Morgan fingerprint density at radius 3 is 2.67 bits per heavy atom. The Labute approximate surface area is 95.9 Å². The van der Waals surface area contributed by atoms with Gasteiger partial charge in [0.15, 0.2) is 0 Å². The van der Waals surface area contributed by atoms with Gasteiger partial charge in [0.25, 0.3) is 0 Å². The second-order valence-corrected chi connectivity index (χ2v) is 6.71. The van der Waals surface area contributed by atoms with Crippen molar-refractivity contribution in [3.05, 3.63) is 16.1 Å². The van der Waals surface area contributed by atoms with Crippen molar-refractivity contribution in [2.45, 2.75) is 52.0 Å². The van der Waals surface area contributed by atoms with Gasteiger partial charge in [-0.25, -0.2) is 4.98 Å². The van der Waals surface area contributed by atoms with E-state index in [1.165, 1.54) is 11.4 Å². The van der Waals surface area contributed by atoms with Crippen molar-refractivity contribution in [3.63, 3.8) is 0 Å². The molecular formula is C12H20N2S. The zero-order valence-electron chi connectivity index (χ0n) is 9.84. The summed E-state index contributed by atoms with van der Waals surface area (Å²) in [6.07, 6.45) is 4.46. The minimum Gasteiger partial charge on any atom is -0.325 e. The van der Waals surface area contributed by atoms with Crippen LogP contribution < -0.4 is 5.73 Å². The Bertz CT molecular complexity index is 356. The maximum absolute atomic E-state index is 6.44. The van der Waals surface area contributed by atoms with Crippen LogP contribution in [0, 0.1) is 12.3 Å². The number of nitrogens with two attached hydrogens (primary N) is 1. The molecule has 0 aromatic carbocycles. The monoisotopic (exact) mass is 224 g/mol. The van der Waals surface area contributed by atoms with Crippen molar-refractivity contribution in [3.8, 4) is 0 Å². The van der Waals surface area contributed by atoms with Crippen LogP contribution in [0.4, 0.5) is 0 Å². The lowest BCUT2D eigenvalue weighted by Crippen LogP contribution is -2.40. The maximum Gasteiger partial charge on any atom is 0.0946 e. The van der Waals surface area contributed by atoms with E-state index in [-0.39, 0.29) is 5.54 Å². The Balaban J connectivity index is 2.06. The molecule has 1 aromatic heterocycles. The lowest BCUT2D eigenvalue weighted by molar-refractivity contribution is 0.334. The summed E-state index contributed by atoms with van der Waals surface area (Å²) in [4.78, 5) is 4.51. The van der Waals surface area contributed by atoms with E-state index in [1.807, 2.05) is 6.92 Å². The van der Waals surface area contributed by atoms with Crippen LogP contribution in [0.2, 0.25) is 0 Å². The van der Waals surface area contributed by atoms with E-state index in [1.54, 1.807) is 11.3 Å². The molecule has 1 fully saturated rings. The van der Waals surface area contributed by atoms with Crippen LogP contribution >= 0.6 is 11.3 Å². The van der Waals surface area contributed by atoms with Gasteiger partial charge in [0, 0.05) is 23.0 Å². The van der Waals surface area contributed by atoms with Crippen LogP contribution in [0.1, 0.15) is 43.8 Å². The second-order valence-electron chi connectivity index (χ2n) is 5.76. The fourth-order valence-corrected chi connectivity index (χ4v) is 3.58. The van der Waals surface area contributed by atoms with E-state index in [0.717, 1.165) is 25.0 Å². The number of nitrogens with zero attached hydrogens (tertiary/aromatic N) is 1. The first-order valence-corrected chi connectivity index (χ1v) is 6.47. The van der Waals surface area contributed by atoms with Gasteiger partial charge < -0.3 is 5.73 Å². The smallest absolute Gasteiger partial charge is 0.0946 e. The lowest BCUT2D eigenvalue weighted by Gasteiger charge is -2.25. The third-order valence-corrected chi connectivity index (χ3v) is 4.27. The molecule has 84 valence electrons. The van der Waals surface area contributed by atoms with Crippen molar-refractivity contribution in [1.82, 2.24) is 4.98 Å². The normalized spacial score (nSPS) is 29.6. The molecule has 1 heterocycles. The molecule has 1 aromatic rings. The summed E-state index contributed by atoms with van der Waals surface area (Å²) >= 11 is 1.74. The van der Waals surface area contributed by atoms with Gasteiger partial charge in [0.2, 0.25) is 0 Å². The predicted octanol–water partition coefficient (Wildman–Crippen LogP) is 2.90. The van der Waals surface area contributed by atoms with E-state index in [9.17, 15) is 0 Å². The van der Waals surface area contributed by atoms with Gasteiger partial charge in [0.05, 0.1) is 5.01 Å². The summed E-state index contributed by atoms with van der Waals surface area (Å²) in [5, 5.41) is 3.31. The van der Waals surface area contributed by atoms with Crippen molar-refractivity contribution in [1.29, 1.82) is 0 Å². The van der Waals surface area contributed by atoms with Crippen molar-refractivity contribution >= 4 is 11.3 Å². The number of hydrogen-bond acceptors (Lipinski definition) is 3. The second kappa shape index (κ2) is 3.56. The molecule has 0 spiro atoms. The van der Waals surface area contributed by atoms with Gasteiger partial charge in [0.1, 0.15) is 0 Å². The standard InChI is InChI=1S/C12H20N2S/c1-9-7-15-10(14-9)6-12(13)5-4-11(2,3)8-12/h7H,4-6,8,13H2,1-3H3. The summed E-state index contributed by atoms with van der Waals surface area (Å²) in [6, 6.07) is 0. The molecular weight excluding hydrogens is 204 g/mol. The first-order valence-electron chi connectivity index (χ1n) is 5.59. The van der Waals surface area contributed by atoms with E-state index in [0.29, 0.717) is 5.41 Å². The summed E-state index contributed by atoms with van der Waals surface area (Å²) in [5.74, 6) is 0. The fourth-order valence-electron chi connectivity index (χ4n) is 2.65. The van der Waals surface area contributed by atoms with Crippen LogP contribution in [0.15, 0.2) is 5.38 Å². The third kappa shape index (κ3) is 2.58. The SMILES string of the molecule is Cc1csc(CC2(N)CCC(C)(C)C2)n1. The highest BCUT2D eigenvalue weighted by molar-refractivity contribution is 7.09. The quantitative estimate of drug-likeness (QED) is 0.839. The molecule has 0 saturated heterocycles. The van der Waals surface area contributed by atoms with Crippen LogP contribution in [-0.2, 0) is 6.42 Å². The molecule has 15 heavy (non-hydrogen) atoms. The summed E-state index contributed by atoms with van der Waals surface area (Å²) < 4.78 is 0. The minimum atomic E-state index is -0.00616. The highest BCUT2D eigenvalue weighted by Gasteiger charge is 2.40. The Morgan fingerprint density at radius 1 is 1.47 bits per heavy atom. The average Bonchev–Trinajstić information content (AvgIpc) is 2.57. The summed E-state index contributed by atoms with van der Waals surface area (Å²) in [5.41, 5.74) is 7.98. The highest BCUT2D eigenvalue weighted by atomic mass is 32.1. The number of rotatable bonds is 2. The van der Waals surface area contributed by atoms with Gasteiger partial charge in [-0.1, -0.05) is 13.8 Å². The van der Waals surface area contributed by atoms with Crippen LogP contribution in [0.5, 0.6) is 0 Å². The zero-order valence-corrected chi connectivity index (χ0v) is 10.7. The van der Waals surface area contributed by atoms with Crippen LogP contribution in [0.3, 0.4) is 0 Å². The highest BCUT2D eigenvalue weighted by Crippen LogP contribution is 2.43. The number of aryl methyl sites for hydroxylation is 1. The first-order chi connectivity index (χ1) is 6.89. The Kier molecular flexibility index (Phi) is 2.63. The molecule has 0 radical (unpaired) electrons. The fraction of sp³-hybridized carbons (Fsp3) is 0.750. The summed E-state index contributed by atoms with van der Waals surface area (Å²) in [6.45, 7) is 6.67. The van der Waals surface area contributed by atoms with Gasteiger partial charge in [-0.15, -0.1) is 11.3 Å². The minimum absolute atomic E-state index is 0.00616. The Hall–Kier alpha value is -0.410. The van der Waals surface area contributed by atoms with Crippen molar-refractivity contribution in [2.75, 3.05) is 0 Å². The molecule has 3 heteroatoms. The average molecular weight is 224 g/mol. The molecule has 0 bridgehead atoms. The molecule has 1 aliphatic rings. The zero-order chi connectivity index (χ0) is 11.1. The summed E-state index contributed by atoms with van der Waals surface area (Å²) in [7, 11) is 0. The number of thiazole rings is 1. The maximum atomic E-state index is 6.44. The molecule has 2 N–H and O–H groups in total. The largest absolute Gasteiger partial charge is 0.325 e. The van der Waals surface area contributed by atoms with Crippen molar-refractivity contribution < 1.29 is 0 Å². The number of hydrogen-bond donors (Lipinski definition) is 1. The molecule has 1 atom stereocenters. The Morgan fingerprint density at radius 2 is 2.20 bits per heavy atom. The van der Waals surface area contributed by atoms with Gasteiger partial charge >= 0.3 is 0 Å². The third-order valence-electron chi connectivity index (χ3n) is 3.30. The van der Waals surface area contributed by atoms with Crippen LogP contribution in [-0.4, -0.2) is 10.5 Å². The molecule has 2 rings (SSSR count). The lowest BCUT2D eigenvalue weighted by atomic mass is 9.87. The van der Waals surface area contributed by atoms with E-state index in [2.05, 4.69) is 24.2 Å². The predicted molar refractivity (Wildman–Crippen MR) is 65.1 cm³/mol. The van der Waals surface area contributed by atoms with E-state index in [4.69, 9.17) is 5.73 Å². The molecule has 1 saturated carbocycles. The van der Waals surface area contributed by atoms with Gasteiger partial charge in [-0.05, 0) is 31.6 Å². The van der Waals surface area contributed by atoms with E-state index >= 15 is 0 Å². The topological polar surface area (TPSA) is 38.9 Å². The molecule has 0 amide bonds. The van der Waals surface area contributed by atoms with Gasteiger partial charge in [-0.2, -0.15) is 0 Å². The molecule has 0 aliphatic heterocycles. The molecule has 1 unspecified atom stereocenters. The van der Waals surface area contributed by atoms with Gasteiger partial charge in [-0.3, -0.25) is 0 Å². The molecule has 1 aliphatic carbocycles. The van der Waals surface area contributed by atoms with Crippen LogP contribution in [0.25, 0.3) is 0 Å². The first kappa shape index (κ1) is 11.1. The van der Waals surface area contributed by atoms with Crippen molar-refractivity contribution in [2.24, 2.45) is 11.1 Å². The molecule has 2 nitrogen and oxygen atoms in total. The number of aromatic nitrogens is 1. The van der Waals surface area contributed by atoms with E-state index < -0.39 is 0 Å².